The first kappa shape index (κ1) is 9.65. The first-order valence-electron chi connectivity index (χ1n) is 4.81. The molecule has 3 heteroatoms. The monoisotopic (exact) mass is 199 g/mol. The normalized spacial score (nSPS) is 10.3. The summed E-state index contributed by atoms with van der Waals surface area (Å²) in [6.07, 6.45) is 5.32. The van der Waals surface area contributed by atoms with Gasteiger partial charge < -0.3 is 5.73 Å². The molecule has 0 aliphatic carbocycles. The van der Waals surface area contributed by atoms with Crippen LogP contribution in [-0.4, -0.2) is 9.97 Å². The quantitative estimate of drug-likeness (QED) is 0.767. The van der Waals surface area contributed by atoms with Gasteiger partial charge in [-0.3, -0.25) is 9.97 Å². The lowest BCUT2D eigenvalue weighted by molar-refractivity contribution is 1.22. The number of anilines is 1. The predicted molar refractivity (Wildman–Crippen MR) is 61.4 cm³/mol. The molecule has 0 radical (unpaired) electrons. The van der Waals surface area contributed by atoms with Gasteiger partial charge in [-0.1, -0.05) is 0 Å². The van der Waals surface area contributed by atoms with Crippen LogP contribution in [0.25, 0.3) is 11.3 Å². The Morgan fingerprint density at radius 3 is 2.53 bits per heavy atom. The number of rotatable bonds is 1. The van der Waals surface area contributed by atoms with Crippen molar-refractivity contribution in [1.82, 2.24) is 9.97 Å². The highest BCUT2D eigenvalue weighted by Gasteiger charge is 2.04. The van der Waals surface area contributed by atoms with Crippen LogP contribution in [0.3, 0.4) is 0 Å². The molecule has 0 saturated heterocycles. The Balaban J connectivity index is 2.54. The van der Waals surface area contributed by atoms with Crippen LogP contribution < -0.4 is 5.73 Å². The molecule has 0 spiro atoms. The lowest BCUT2D eigenvalue weighted by Crippen LogP contribution is -1.93. The van der Waals surface area contributed by atoms with E-state index in [1.54, 1.807) is 6.20 Å². The van der Waals surface area contributed by atoms with Gasteiger partial charge in [0.1, 0.15) is 0 Å². The number of nitrogen functional groups attached to an aromatic ring is 1. The van der Waals surface area contributed by atoms with Crippen LogP contribution in [0.2, 0.25) is 0 Å². The van der Waals surface area contributed by atoms with E-state index in [9.17, 15) is 0 Å². The number of nitrogens with zero attached hydrogens (tertiary/aromatic N) is 2. The van der Waals surface area contributed by atoms with Crippen LogP contribution in [0.4, 0.5) is 5.69 Å². The van der Waals surface area contributed by atoms with Crippen LogP contribution in [-0.2, 0) is 0 Å². The average Bonchev–Trinajstić information content (AvgIpc) is 2.17. The molecule has 2 aromatic heterocycles. The molecule has 2 aromatic rings. The highest BCUT2D eigenvalue weighted by Crippen LogP contribution is 2.21. The van der Waals surface area contributed by atoms with Crippen molar-refractivity contribution in [2.45, 2.75) is 13.8 Å². The second-order valence-electron chi connectivity index (χ2n) is 3.69. The van der Waals surface area contributed by atoms with Crippen LogP contribution >= 0.6 is 0 Å². The maximum absolute atomic E-state index is 5.66. The highest BCUT2D eigenvalue weighted by molar-refractivity contribution is 5.64. The minimum absolute atomic E-state index is 0.692. The molecule has 0 aromatic carbocycles. The Labute approximate surface area is 89.0 Å². The molecule has 2 rings (SSSR count). The Morgan fingerprint density at radius 2 is 1.87 bits per heavy atom. The van der Waals surface area contributed by atoms with Gasteiger partial charge in [-0.15, -0.1) is 0 Å². The van der Waals surface area contributed by atoms with Gasteiger partial charge in [0.15, 0.2) is 0 Å². The molecule has 0 bridgehead atoms. The lowest BCUT2D eigenvalue weighted by Gasteiger charge is -2.05. The largest absolute Gasteiger partial charge is 0.397 e. The van der Waals surface area contributed by atoms with Gasteiger partial charge in [-0.05, 0) is 37.1 Å². The maximum Gasteiger partial charge on any atom is 0.0748 e. The van der Waals surface area contributed by atoms with E-state index in [2.05, 4.69) is 16.0 Å². The number of aryl methyl sites for hydroxylation is 2. The fraction of sp³-hybridized carbons (Fsp3) is 0.167. The molecule has 0 unspecified atom stereocenters. The lowest BCUT2D eigenvalue weighted by atomic mass is 10.1. The Bertz CT molecular complexity index is 492. The van der Waals surface area contributed by atoms with Crippen LogP contribution in [0.15, 0.2) is 30.7 Å². The van der Waals surface area contributed by atoms with E-state index in [-0.39, 0.29) is 0 Å². The van der Waals surface area contributed by atoms with Crippen molar-refractivity contribution in [3.05, 3.63) is 41.9 Å². The molecule has 2 heterocycles. The van der Waals surface area contributed by atoms with E-state index >= 15 is 0 Å². The van der Waals surface area contributed by atoms with Gasteiger partial charge in [0, 0.05) is 18.0 Å². The molecule has 0 amide bonds. The van der Waals surface area contributed by atoms with E-state index < -0.39 is 0 Å². The zero-order valence-corrected chi connectivity index (χ0v) is 8.86. The molecular weight excluding hydrogens is 186 g/mol. The number of hydrogen-bond acceptors (Lipinski definition) is 3. The smallest absolute Gasteiger partial charge is 0.0748 e. The Hall–Kier alpha value is -1.90. The molecule has 15 heavy (non-hydrogen) atoms. The maximum atomic E-state index is 5.66. The summed E-state index contributed by atoms with van der Waals surface area (Å²) in [6, 6.07) is 3.99. The third-order valence-electron chi connectivity index (χ3n) is 2.25. The Morgan fingerprint density at radius 1 is 1.07 bits per heavy atom. The van der Waals surface area contributed by atoms with E-state index in [4.69, 9.17) is 5.73 Å². The van der Waals surface area contributed by atoms with Crippen molar-refractivity contribution in [2.75, 3.05) is 5.73 Å². The van der Waals surface area contributed by atoms with Gasteiger partial charge in [-0.25, -0.2) is 0 Å². The first-order valence-corrected chi connectivity index (χ1v) is 4.81. The summed E-state index contributed by atoms with van der Waals surface area (Å²) >= 11 is 0. The topological polar surface area (TPSA) is 51.8 Å². The standard InChI is InChI=1S/C12H13N3/c1-8-3-10(6-14-5-8)12-9(2)4-11(13)7-15-12/h3-7H,13H2,1-2H3. The van der Waals surface area contributed by atoms with Gasteiger partial charge >= 0.3 is 0 Å². The van der Waals surface area contributed by atoms with Crippen molar-refractivity contribution in [3.8, 4) is 11.3 Å². The number of hydrogen-bond donors (Lipinski definition) is 1. The van der Waals surface area contributed by atoms with Gasteiger partial charge in [0.25, 0.3) is 0 Å². The zero-order chi connectivity index (χ0) is 10.8. The van der Waals surface area contributed by atoms with Crippen molar-refractivity contribution in [1.29, 1.82) is 0 Å². The summed E-state index contributed by atoms with van der Waals surface area (Å²) in [5, 5.41) is 0. The molecule has 0 aliphatic rings. The summed E-state index contributed by atoms with van der Waals surface area (Å²) in [5.41, 5.74) is 10.5. The molecule has 0 saturated carbocycles. The molecule has 0 atom stereocenters. The summed E-state index contributed by atoms with van der Waals surface area (Å²) < 4.78 is 0. The summed E-state index contributed by atoms with van der Waals surface area (Å²) in [7, 11) is 0. The van der Waals surface area contributed by atoms with Crippen molar-refractivity contribution in [3.63, 3.8) is 0 Å². The van der Waals surface area contributed by atoms with Gasteiger partial charge in [0.2, 0.25) is 0 Å². The molecule has 76 valence electrons. The number of nitrogens with two attached hydrogens (primary N) is 1. The number of pyridine rings is 2. The fourth-order valence-corrected chi connectivity index (χ4v) is 1.58. The molecule has 2 N–H and O–H groups in total. The second-order valence-corrected chi connectivity index (χ2v) is 3.69. The minimum atomic E-state index is 0.692. The van der Waals surface area contributed by atoms with E-state index in [0.717, 1.165) is 22.4 Å². The van der Waals surface area contributed by atoms with Crippen LogP contribution in [0.1, 0.15) is 11.1 Å². The summed E-state index contributed by atoms with van der Waals surface area (Å²) in [6.45, 7) is 4.02. The van der Waals surface area contributed by atoms with Crippen molar-refractivity contribution in [2.24, 2.45) is 0 Å². The molecule has 3 nitrogen and oxygen atoms in total. The highest BCUT2D eigenvalue weighted by atomic mass is 14.7. The third-order valence-corrected chi connectivity index (χ3v) is 2.25. The van der Waals surface area contributed by atoms with Crippen LogP contribution in [0.5, 0.6) is 0 Å². The summed E-state index contributed by atoms with van der Waals surface area (Å²) in [5.74, 6) is 0. The van der Waals surface area contributed by atoms with Crippen LogP contribution in [0, 0.1) is 13.8 Å². The fourth-order valence-electron chi connectivity index (χ4n) is 1.58. The van der Waals surface area contributed by atoms with Gasteiger partial charge in [0.05, 0.1) is 17.6 Å². The predicted octanol–water partition coefficient (Wildman–Crippen LogP) is 2.34. The second kappa shape index (κ2) is 3.69. The van der Waals surface area contributed by atoms with E-state index in [1.807, 2.05) is 32.3 Å². The van der Waals surface area contributed by atoms with E-state index in [1.165, 1.54) is 0 Å². The molecule has 0 fully saturated rings. The van der Waals surface area contributed by atoms with Crippen molar-refractivity contribution >= 4 is 5.69 Å². The van der Waals surface area contributed by atoms with Gasteiger partial charge in [-0.2, -0.15) is 0 Å². The average molecular weight is 199 g/mol. The minimum Gasteiger partial charge on any atom is -0.397 e. The summed E-state index contributed by atoms with van der Waals surface area (Å²) in [4.78, 5) is 8.48. The Kier molecular flexibility index (Phi) is 2.37. The van der Waals surface area contributed by atoms with Crippen molar-refractivity contribution < 1.29 is 0 Å². The first-order chi connectivity index (χ1) is 7.16. The SMILES string of the molecule is Cc1cncc(-c2ncc(N)cc2C)c1. The number of aromatic nitrogens is 2. The molecule has 0 aliphatic heterocycles. The van der Waals surface area contributed by atoms with E-state index in [0.29, 0.717) is 5.69 Å². The molecular formula is C12H13N3. The third kappa shape index (κ3) is 1.96. The zero-order valence-electron chi connectivity index (χ0n) is 8.86.